The highest BCUT2D eigenvalue weighted by molar-refractivity contribution is 7.87. The SMILES string of the molecule is [2H]C1=NCC=C(OS(=O)(=O)C(F)(F)F)C1C(C)(C)C. The van der Waals surface area contributed by atoms with Gasteiger partial charge in [0.1, 0.15) is 5.76 Å². The molecule has 0 saturated heterocycles. The van der Waals surface area contributed by atoms with Crippen molar-refractivity contribution in [2.75, 3.05) is 6.54 Å². The van der Waals surface area contributed by atoms with Crippen LogP contribution in [0.3, 0.4) is 0 Å². The van der Waals surface area contributed by atoms with Gasteiger partial charge in [0.25, 0.3) is 0 Å². The predicted molar refractivity (Wildman–Crippen MR) is 60.4 cm³/mol. The third-order valence-electron chi connectivity index (χ3n) is 2.24. The van der Waals surface area contributed by atoms with Crippen LogP contribution >= 0.6 is 0 Å². The fourth-order valence-corrected chi connectivity index (χ4v) is 1.85. The van der Waals surface area contributed by atoms with Crippen molar-refractivity contribution < 1.29 is 27.1 Å². The Labute approximate surface area is 105 Å². The lowest BCUT2D eigenvalue weighted by Crippen LogP contribution is -2.32. The fraction of sp³-hybridized carbons (Fsp3) is 0.700. The van der Waals surface area contributed by atoms with E-state index in [9.17, 15) is 21.6 Å². The van der Waals surface area contributed by atoms with Crippen LogP contribution < -0.4 is 0 Å². The minimum Gasteiger partial charge on any atom is -0.380 e. The molecule has 0 aromatic rings. The van der Waals surface area contributed by atoms with E-state index in [0.29, 0.717) is 0 Å². The van der Waals surface area contributed by atoms with Crippen molar-refractivity contribution in [1.29, 1.82) is 0 Å². The number of hydrogen-bond acceptors (Lipinski definition) is 4. The minimum atomic E-state index is -5.72. The molecule has 0 radical (unpaired) electrons. The Morgan fingerprint density at radius 2 is 2.00 bits per heavy atom. The summed E-state index contributed by atoms with van der Waals surface area (Å²) in [6.45, 7) is 4.90. The third-order valence-corrected chi connectivity index (χ3v) is 3.22. The molecule has 0 spiro atoms. The Bertz CT molecular complexity index is 517. The van der Waals surface area contributed by atoms with E-state index in [2.05, 4.69) is 9.18 Å². The zero-order valence-electron chi connectivity index (χ0n) is 11.1. The lowest BCUT2D eigenvalue weighted by atomic mass is 9.79. The zero-order chi connectivity index (χ0) is 15.1. The average Bonchev–Trinajstić information content (AvgIpc) is 2.12. The van der Waals surface area contributed by atoms with Gasteiger partial charge in [-0.3, -0.25) is 4.99 Å². The molecule has 0 aliphatic carbocycles. The van der Waals surface area contributed by atoms with E-state index < -0.39 is 32.7 Å². The van der Waals surface area contributed by atoms with Gasteiger partial charge < -0.3 is 4.18 Å². The van der Waals surface area contributed by atoms with E-state index in [1.54, 1.807) is 20.8 Å². The first kappa shape index (κ1) is 13.4. The first-order valence-electron chi connectivity index (χ1n) is 5.58. The van der Waals surface area contributed by atoms with Gasteiger partial charge in [0.15, 0.2) is 0 Å². The summed E-state index contributed by atoms with van der Waals surface area (Å²) in [7, 11) is -5.72. The maximum absolute atomic E-state index is 12.3. The van der Waals surface area contributed by atoms with Crippen LogP contribution in [0, 0.1) is 11.3 Å². The highest BCUT2D eigenvalue weighted by atomic mass is 32.2. The van der Waals surface area contributed by atoms with Crippen molar-refractivity contribution in [1.82, 2.24) is 0 Å². The zero-order valence-corrected chi connectivity index (χ0v) is 10.9. The molecule has 4 nitrogen and oxygen atoms in total. The summed E-state index contributed by atoms with van der Waals surface area (Å²) >= 11 is 0. The summed E-state index contributed by atoms with van der Waals surface area (Å²) in [6.07, 6.45) is 0.958. The second-order valence-corrected chi connectivity index (χ2v) is 6.40. The molecular formula is C10H14F3NO3S. The highest BCUT2D eigenvalue weighted by Crippen LogP contribution is 2.36. The van der Waals surface area contributed by atoms with Gasteiger partial charge in [0.2, 0.25) is 0 Å². The summed E-state index contributed by atoms with van der Waals surface area (Å²) < 4.78 is 70.7. The second kappa shape index (κ2) is 4.56. The van der Waals surface area contributed by atoms with E-state index in [0.717, 1.165) is 6.08 Å². The monoisotopic (exact) mass is 286 g/mol. The molecular weight excluding hydrogens is 271 g/mol. The van der Waals surface area contributed by atoms with Crippen LogP contribution in [-0.4, -0.2) is 26.7 Å². The molecule has 1 unspecified atom stereocenters. The lowest BCUT2D eigenvalue weighted by molar-refractivity contribution is -0.0528. The molecule has 8 heteroatoms. The number of halogens is 3. The predicted octanol–water partition coefficient (Wildman–Crippen LogP) is 2.48. The Balaban J connectivity index is 3.11. The van der Waals surface area contributed by atoms with Crippen LogP contribution in [0.4, 0.5) is 13.2 Å². The third kappa shape index (κ3) is 3.24. The van der Waals surface area contributed by atoms with Crippen molar-refractivity contribution in [2.24, 2.45) is 16.3 Å². The summed E-state index contributed by atoms with van der Waals surface area (Å²) in [5.74, 6) is -1.33. The van der Waals surface area contributed by atoms with Crippen LogP contribution in [0.25, 0.3) is 0 Å². The fourth-order valence-electron chi connectivity index (χ4n) is 1.34. The molecule has 1 atom stereocenters. The van der Waals surface area contributed by atoms with Gasteiger partial charge in [-0.1, -0.05) is 20.8 Å². The highest BCUT2D eigenvalue weighted by Gasteiger charge is 2.49. The molecule has 1 heterocycles. The van der Waals surface area contributed by atoms with Crippen LogP contribution in [0.2, 0.25) is 0 Å². The van der Waals surface area contributed by atoms with Crippen molar-refractivity contribution in [3.63, 3.8) is 0 Å². The Morgan fingerprint density at radius 1 is 1.44 bits per heavy atom. The van der Waals surface area contributed by atoms with Crippen molar-refractivity contribution in [3.8, 4) is 0 Å². The molecule has 0 saturated carbocycles. The van der Waals surface area contributed by atoms with Crippen LogP contribution in [0.15, 0.2) is 16.8 Å². The lowest BCUT2D eigenvalue weighted by Gasteiger charge is -2.30. The van der Waals surface area contributed by atoms with E-state index in [1.807, 2.05) is 0 Å². The minimum absolute atomic E-state index is 0.0753. The maximum atomic E-state index is 12.3. The Kier molecular flexibility index (Phi) is 3.39. The van der Waals surface area contributed by atoms with Crippen molar-refractivity contribution in [2.45, 2.75) is 26.3 Å². The summed E-state index contributed by atoms with van der Waals surface area (Å²) in [5.41, 5.74) is -6.18. The number of hydrogen-bond donors (Lipinski definition) is 0. The molecule has 18 heavy (non-hydrogen) atoms. The van der Waals surface area contributed by atoms with E-state index in [-0.39, 0.29) is 12.7 Å². The largest absolute Gasteiger partial charge is 0.534 e. The molecule has 0 bridgehead atoms. The number of rotatable bonds is 2. The molecule has 0 aromatic heterocycles. The molecule has 104 valence electrons. The summed E-state index contributed by atoms with van der Waals surface area (Å²) in [5, 5.41) is 0. The number of nitrogens with zero attached hydrogens (tertiary/aromatic N) is 1. The molecule has 1 rings (SSSR count). The van der Waals surface area contributed by atoms with E-state index in [1.165, 1.54) is 0 Å². The smallest absolute Gasteiger partial charge is 0.380 e. The van der Waals surface area contributed by atoms with Crippen molar-refractivity contribution >= 4 is 16.3 Å². The molecule has 0 aromatic carbocycles. The normalized spacial score (nSPS) is 23.0. The van der Waals surface area contributed by atoms with E-state index in [4.69, 9.17) is 1.37 Å². The molecule has 0 fully saturated rings. The standard InChI is InChI=1S/C10H14F3NO3S/c1-9(2,3)7-6-14-5-4-8(7)17-18(15,16)10(11,12)13/h4,6-7H,5H2,1-3H3/i6D. The molecule has 1 aliphatic rings. The Hall–Kier alpha value is -1.05. The van der Waals surface area contributed by atoms with Gasteiger partial charge >= 0.3 is 15.6 Å². The van der Waals surface area contributed by atoms with Gasteiger partial charge in [-0.05, 0) is 11.5 Å². The van der Waals surface area contributed by atoms with Gasteiger partial charge in [0, 0.05) is 6.19 Å². The van der Waals surface area contributed by atoms with Gasteiger partial charge in [-0.25, -0.2) is 0 Å². The van der Waals surface area contributed by atoms with Crippen molar-refractivity contribution in [3.05, 3.63) is 11.8 Å². The van der Waals surface area contributed by atoms with Crippen LogP contribution in [0.1, 0.15) is 22.1 Å². The quantitative estimate of drug-likeness (QED) is 0.579. The topological polar surface area (TPSA) is 55.7 Å². The first-order valence-corrected chi connectivity index (χ1v) is 6.49. The molecule has 0 amide bonds. The number of alkyl halides is 3. The van der Waals surface area contributed by atoms with Gasteiger partial charge in [0.05, 0.1) is 13.8 Å². The van der Waals surface area contributed by atoms with Gasteiger partial charge in [-0.2, -0.15) is 21.6 Å². The van der Waals surface area contributed by atoms with Crippen LogP contribution in [-0.2, 0) is 14.3 Å². The van der Waals surface area contributed by atoms with Crippen LogP contribution in [0.5, 0.6) is 0 Å². The first-order chi connectivity index (χ1) is 8.36. The number of allylic oxidation sites excluding steroid dienone is 1. The number of aliphatic imine (C=N–C) groups is 1. The Morgan fingerprint density at radius 3 is 2.44 bits per heavy atom. The molecule has 0 N–H and O–H groups in total. The average molecular weight is 286 g/mol. The number of dihydropyridines is 1. The second-order valence-electron chi connectivity index (χ2n) is 4.86. The van der Waals surface area contributed by atoms with Gasteiger partial charge in [-0.15, -0.1) is 0 Å². The summed E-state index contributed by atoms with van der Waals surface area (Å²) in [6, 6.07) is 0. The maximum Gasteiger partial charge on any atom is 0.534 e. The summed E-state index contributed by atoms with van der Waals surface area (Å²) in [4.78, 5) is 3.77. The van der Waals surface area contributed by atoms with E-state index >= 15 is 0 Å². The molecule has 1 aliphatic heterocycles.